The number of pyridine rings is 1. The molecule has 98 valence electrons. The van der Waals surface area contributed by atoms with Crippen molar-refractivity contribution >= 4 is 40.7 Å². The summed E-state index contributed by atoms with van der Waals surface area (Å²) in [7, 11) is 0. The van der Waals surface area contributed by atoms with E-state index in [2.05, 4.69) is 10.3 Å². The minimum Gasteiger partial charge on any atom is -0.388 e. The van der Waals surface area contributed by atoms with E-state index in [0.717, 1.165) is 6.42 Å². The minimum atomic E-state index is -0.793. The second-order valence-electron chi connectivity index (χ2n) is 4.34. The molecule has 0 bridgehead atoms. The van der Waals surface area contributed by atoms with Crippen LogP contribution in [0, 0.1) is 0 Å². The Morgan fingerprint density at radius 2 is 2.06 bits per heavy atom. The molecule has 1 aromatic heterocycles. The van der Waals surface area contributed by atoms with Gasteiger partial charge in [0.1, 0.15) is 5.69 Å². The van der Waals surface area contributed by atoms with Crippen LogP contribution in [0.3, 0.4) is 0 Å². The summed E-state index contributed by atoms with van der Waals surface area (Å²) in [4.78, 5) is 15.7. The van der Waals surface area contributed by atoms with Crippen molar-refractivity contribution in [2.45, 2.75) is 24.9 Å². The highest BCUT2D eigenvalue weighted by Crippen LogP contribution is 2.32. The second-order valence-corrected chi connectivity index (χ2v) is 5.51. The molecule has 2 N–H and O–H groups in total. The van der Waals surface area contributed by atoms with E-state index in [1.807, 2.05) is 0 Å². The zero-order chi connectivity index (χ0) is 13.3. The number of aromatic nitrogens is 1. The fourth-order valence-corrected chi connectivity index (χ4v) is 2.26. The summed E-state index contributed by atoms with van der Waals surface area (Å²) in [5.74, 6) is -0.473. The van der Waals surface area contributed by atoms with Gasteiger partial charge in [-0.15, -0.1) is 0 Å². The molecule has 2 rings (SSSR count). The van der Waals surface area contributed by atoms with Crippen molar-refractivity contribution in [3.05, 3.63) is 27.0 Å². The number of carbonyl (C=O) groups excluding carboxylic acids is 1. The Balaban J connectivity index is 2.07. The van der Waals surface area contributed by atoms with Crippen LogP contribution in [-0.2, 0) is 0 Å². The lowest BCUT2D eigenvalue weighted by atomic mass is 9.80. The quantitative estimate of drug-likeness (QED) is 0.902. The molecule has 1 aromatic rings. The molecule has 0 radical (unpaired) electrons. The number of hydrogen-bond donors (Lipinski definition) is 2. The molecular weight excluding hydrogens is 298 g/mol. The predicted molar refractivity (Wildman–Crippen MR) is 70.4 cm³/mol. The number of aliphatic hydroxyl groups is 1. The average Bonchev–Trinajstić information content (AvgIpc) is 2.31. The molecule has 1 amide bonds. The first-order valence-electron chi connectivity index (χ1n) is 5.43. The van der Waals surface area contributed by atoms with Gasteiger partial charge < -0.3 is 10.4 Å². The Hall–Kier alpha value is -0.550. The third-order valence-electron chi connectivity index (χ3n) is 2.99. The molecule has 0 atom stereocenters. The maximum Gasteiger partial charge on any atom is 0.271 e. The highest BCUT2D eigenvalue weighted by molar-refractivity contribution is 6.48. The zero-order valence-corrected chi connectivity index (χ0v) is 11.6. The summed E-state index contributed by atoms with van der Waals surface area (Å²) < 4.78 is 0. The Morgan fingerprint density at radius 3 is 2.61 bits per heavy atom. The fraction of sp³-hybridized carbons (Fsp3) is 0.455. The molecule has 1 fully saturated rings. The first kappa shape index (κ1) is 13.9. The van der Waals surface area contributed by atoms with Gasteiger partial charge in [0.15, 0.2) is 0 Å². The Labute approximate surface area is 119 Å². The van der Waals surface area contributed by atoms with Crippen LogP contribution < -0.4 is 5.32 Å². The van der Waals surface area contributed by atoms with E-state index in [4.69, 9.17) is 34.8 Å². The predicted octanol–water partition coefficient (Wildman–Crippen LogP) is 2.69. The number of amides is 1. The summed E-state index contributed by atoms with van der Waals surface area (Å²) in [6.07, 6.45) is 3.62. The number of nitrogens with zero attached hydrogens (tertiary/aromatic N) is 1. The van der Waals surface area contributed by atoms with Gasteiger partial charge in [0.05, 0.1) is 20.7 Å². The molecule has 7 heteroatoms. The Bertz CT molecular complexity index is 489. The summed E-state index contributed by atoms with van der Waals surface area (Å²) in [5, 5.41) is 12.8. The van der Waals surface area contributed by atoms with Crippen LogP contribution in [0.1, 0.15) is 29.8 Å². The van der Waals surface area contributed by atoms with E-state index in [1.165, 1.54) is 6.20 Å². The van der Waals surface area contributed by atoms with Crippen LogP contribution in [0.15, 0.2) is 6.20 Å². The Kier molecular flexibility index (Phi) is 4.02. The molecule has 0 unspecified atom stereocenters. The van der Waals surface area contributed by atoms with Crippen LogP contribution in [-0.4, -0.2) is 28.1 Å². The van der Waals surface area contributed by atoms with Crippen molar-refractivity contribution in [2.75, 3.05) is 6.54 Å². The number of nitrogens with one attached hydrogen (secondary N) is 1. The summed E-state index contributed by atoms with van der Waals surface area (Å²) in [6, 6.07) is 0. The number of carbonyl (C=O) groups is 1. The zero-order valence-electron chi connectivity index (χ0n) is 9.34. The standard InChI is InChI=1S/C11H11Cl3N2O2/c12-6-4-15-9(8(14)7(6)13)10(17)16-5-11(18)2-1-3-11/h4,18H,1-3,5H2,(H,16,17). The lowest BCUT2D eigenvalue weighted by Gasteiger charge is -2.36. The van der Waals surface area contributed by atoms with E-state index in [1.54, 1.807) is 0 Å². The van der Waals surface area contributed by atoms with Crippen LogP contribution in [0.5, 0.6) is 0 Å². The highest BCUT2D eigenvalue weighted by atomic mass is 35.5. The van der Waals surface area contributed by atoms with E-state index in [-0.39, 0.29) is 27.3 Å². The van der Waals surface area contributed by atoms with Crippen molar-refractivity contribution in [2.24, 2.45) is 0 Å². The summed E-state index contributed by atoms with van der Waals surface area (Å²) >= 11 is 17.4. The topological polar surface area (TPSA) is 62.2 Å². The van der Waals surface area contributed by atoms with Crippen molar-refractivity contribution in [1.29, 1.82) is 0 Å². The van der Waals surface area contributed by atoms with Gasteiger partial charge in [-0.1, -0.05) is 34.8 Å². The van der Waals surface area contributed by atoms with Gasteiger partial charge in [-0.05, 0) is 19.3 Å². The molecule has 1 aliphatic rings. The number of hydrogen-bond acceptors (Lipinski definition) is 3. The van der Waals surface area contributed by atoms with Crippen LogP contribution in [0.4, 0.5) is 0 Å². The van der Waals surface area contributed by atoms with Gasteiger partial charge in [0, 0.05) is 12.7 Å². The molecule has 0 spiro atoms. The molecule has 0 saturated heterocycles. The van der Waals surface area contributed by atoms with Crippen molar-refractivity contribution in [1.82, 2.24) is 10.3 Å². The molecule has 1 heterocycles. The van der Waals surface area contributed by atoms with E-state index < -0.39 is 11.5 Å². The minimum absolute atomic E-state index is 0.00832. The van der Waals surface area contributed by atoms with Crippen molar-refractivity contribution < 1.29 is 9.90 Å². The van der Waals surface area contributed by atoms with Crippen molar-refractivity contribution in [3.8, 4) is 0 Å². The van der Waals surface area contributed by atoms with Gasteiger partial charge in [-0.3, -0.25) is 4.79 Å². The number of rotatable bonds is 3. The van der Waals surface area contributed by atoms with Crippen LogP contribution in [0.25, 0.3) is 0 Å². The second kappa shape index (κ2) is 5.21. The summed E-state index contributed by atoms with van der Waals surface area (Å²) in [5.41, 5.74) is -0.785. The largest absolute Gasteiger partial charge is 0.388 e. The summed E-state index contributed by atoms with van der Waals surface area (Å²) in [6.45, 7) is 0.185. The van der Waals surface area contributed by atoms with Gasteiger partial charge in [-0.25, -0.2) is 4.98 Å². The van der Waals surface area contributed by atoms with E-state index >= 15 is 0 Å². The van der Waals surface area contributed by atoms with Gasteiger partial charge in [0.2, 0.25) is 0 Å². The van der Waals surface area contributed by atoms with Crippen LogP contribution in [0.2, 0.25) is 15.1 Å². The molecule has 1 aliphatic carbocycles. The maximum absolute atomic E-state index is 11.8. The lowest BCUT2D eigenvalue weighted by molar-refractivity contribution is -0.0300. The molecule has 1 saturated carbocycles. The van der Waals surface area contributed by atoms with E-state index in [0.29, 0.717) is 12.8 Å². The molecule has 0 aromatic carbocycles. The number of halogens is 3. The van der Waals surface area contributed by atoms with Gasteiger partial charge >= 0.3 is 0 Å². The van der Waals surface area contributed by atoms with Gasteiger partial charge in [0.25, 0.3) is 5.91 Å². The first-order valence-corrected chi connectivity index (χ1v) is 6.56. The third-order valence-corrected chi connectivity index (χ3v) is 4.24. The van der Waals surface area contributed by atoms with Crippen LogP contribution >= 0.6 is 34.8 Å². The smallest absolute Gasteiger partial charge is 0.271 e. The highest BCUT2D eigenvalue weighted by Gasteiger charge is 2.34. The van der Waals surface area contributed by atoms with Crippen molar-refractivity contribution in [3.63, 3.8) is 0 Å². The maximum atomic E-state index is 11.8. The molecule has 18 heavy (non-hydrogen) atoms. The SMILES string of the molecule is O=C(NCC1(O)CCC1)c1ncc(Cl)c(Cl)c1Cl. The molecule has 4 nitrogen and oxygen atoms in total. The lowest BCUT2D eigenvalue weighted by Crippen LogP contribution is -2.47. The average molecular weight is 310 g/mol. The van der Waals surface area contributed by atoms with E-state index in [9.17, 15) is 9.90 Å². The third kappa shape index (κ3) is 2.72. The monoisotopic (exact) mass is 308 g/mol. The first-order chi connectivity index (χ1) is 8.43. The molecule has 0 aliphatic heterocycles. The molecular formula is C11H11Cl3N2O2. The Morgan fingerprint density at radius 1 is 1.39 bits per heavy atom. The van der Waals surface area contributed by atoms with Gasteiger partial charge in [-0.2, -0.15) is 0 Å². The normalized spacial score (nSPS) is 17.1. The fourth-order valence-electron chi connectivity index (χ4n) is 1.69.